The molecule has 1 aliphatic heterocycles. The fourth-order valence-electron chi connectivity index (χ4n) is 3.21. The summed E-state index contributed by atoms with van der Waals surface area (Å²) in [5.74, 6) is -2.23. The zero-order valence-electron chi connectivity index (χ0n) is 15.2. The van der Waals surface area contributed by atoms with E-state index in [9.17, 15) is 18.8 Å². The Labute approximate surface area is 157 Å². The minimum absolute atomic E-state index is 0.0278. The molecule has 0 N–H and O–H groups in total. The van der Waals surface area contributed by atoms with Crippen molar-refractivity contribution >= 4 is 29.4 Å². The summed E-state index contributed by atoms with van der Waals surface area (Å²) in [6, 6.07) is 14.8. The lowest BCUT2D eigenvalue weighted by Crippen LogP contribution is -2.38. The first-order valence-corrected chi connectivity index (χ1v) is 8.71. The standard InChI is InChI=1S/C22H20FNO3/c1-22(2,19(25)13-12-15-8-6-7-11-18(15)23)17-14-20(26)24(21(17)27)16-9-4-3-5-10-16/h3-13,17H,14H2,1-2H3/b13-12+/t17-/m0/s1. The molecule has 0 spiro atoms. The van der Waals surface area contributed by atoms with Crippen LogP contribution in [-0.4, -0.2) is 17.6 Å². The summed E-state index contributed by atoms with van der Waals surface area (Å²) >= 11 is 0. The molecule has 1 aliphatic rings. The molecule has 0 bridgehead atoms. The molecule has 2 aromatic rings. The van der Waals surface area contributed by atoms with E-state index in [1.807, 2.05) is 0 Å². The summed E-state index contributed by atoms with van der Waals surface area (Å²) in [5.41, 5.74) is -0.292. The minimum atomic E-state index is -1.09. The number of ketones is 1. The van der Waals surface area contributed by atoms with E-state index in [-0.39, 0.29) is 24.0 Å². The van der Waals surface area contributed by atoms with E-state index >= 15 is 0 Å². The van der Waals surface area contributed by atoms with Gasteiger partial charge in [-0.2, -0.15) is 0 Å². The number of carbonyl (C=O) groups is 3. The van der Waals surface area contributed by atoms with Gasteiger partial charge in [0.05, 0.1) is 11.6 Å². The Hall–Kier alpha value is -3.08. The highest BCUT2D eigenvalue weighted by Crippen LogP contribution is 2.39. The Kier molecular flexibility index (Phi) is 5.04. The third-order valence-corrected chi connectivity index (χ3v) is 4.99. The van der Waals surface area contributed by atoms with Crippen molar-refractivity contribution in [3.8, 4) is 0 Å². The van der Waals surface area contributed by atoms with E-state index in [1.54, 1.807) is 62.4 Å². The van der Waals surface area contributed by atoms with Crippen molar-refractivity contribution in [3.05, 3.63) is 72.1 Å². The average Bonchev–Trinajstić information content (AvgIpc) is 2.96. The van der Waals surface area contributed by atoms with Crippen molar-refractivity contribution in [1.82, 2.24) is 0 Å². The molecule has 2 amide bonds. The number of nitrogens with zero attached hydrogens (tertiary/aromatic N) is 1. The molecule has 1 saturated heterocycles. The molecule has 1 heterocycles. The SMILES string of the molecule is CC(C)(C(=O)/C=C/c1ccccc1F)[C@H]1CC(=O)N(c2ccccc2)C1=O. The monoisotopic (exact) mass is 365 g/mol. The molecular weight excluding hydrogens is 345 g/mol. The predicted molar refractivity (Wildman–Crippen MR) is 101 cm³/mol. The number of anilines is 1. The maximum Gasteiger partial charge on any atom is 0.238 e. The second-order valence-corrected chi connectivity index (χ2v) is 7.10. The van der Waals surface area contributed by atoms with Gasteiger partial charge in [0.1, 0.15) is 5.82 Å². The number of amides is 2. The van der Waals surface area contributed by atoms with Crippen molar-refractivity contribution < 1.29 is 18.8 Å². The minimum Gasteiger partial charge on any atom is -0.294 e. The molecule has 27 heavy (non-hydrogen) atoms. The van der Waals surface area contributed by atoms with Crippen molar-refractivity contribution in [2.24, 2.45) is 11.3 Å². The molecule has 0 aromatic heterocycles. The molecular formula is C22H20FNO3. The number of hydrogen-bond donors (Lipinski definition) is 0. The predicted octanol–water partition coefficient (Wildman–Crippen LogP) is 4.01. The number of halogens is 1. The van der Waals surface area contributed by atoms with Gasteiger partial charge < -0.3 is 0 Å². The fraction of sp³-hybridized carbons (Fsp3) is 0.227. The van der Waals surface area contributed by atoms with E-state index in [4.69, 9.17) is 0 Å². The number of carbonyl (C=O) groups excluding carboxylic acids is 3. The maximum atomic E-state index is 13.7. The molecule has 3 rings (SSSR count). The highest BCUT2D eigenvalue weighted by Gasteiger charge is 2.49. The summed E-state index contributed by atoms with van der Waals surface area (Å²) in [7, 11) is 0. The van der Waals surface area contributed by atoms with E-state index in [0.717, 1.165) is 4.90 Å². The lowest BCUT2D eigenvalue weighted by Gasteiger charge is -2.27. The van der Waals surface area contributed by atoms with Crippen LogP contribution in [0.25, 0.3) is 6.08 Å². The third kappa shape index (κ3) is 3.58. The van der Waals surface area contributed by atoms with Gasteiger partial charge in [-0.1, -0.05) is 50.2 Å². The van der Waals surface area contributed by atoms with Crippen molar-refractivity contribution in [1.29, 1.82) is 0 Å². The molecule has 0 aliphatic carbocycles. The van der Waals surface area contributed by atoms with Crippen LogP contribution < -0.4 is 4.90 Å². The van der Waals surface area contributed by atoms with Gasteiger partial charge in [-0.05, 0) is 30.4 Å². The van der Waals surface area contributed by atoms with Crippen LogP contribution in [0.2, 0.25) is 0 Å². The van der Waals surface area contributed by atoms with Gasteiger partial charge in [0.25, 0.3) is 0 Å². The van der Waals surface area contributed by atoms with Gasteiger partial charge in [0.15, 0.2) is 5.78 Å². The summed E-state index contributed by atoms with van der Waals surface area (Å²) in [6.45, 7) is 3.29. The van der Waals surface area contributed by atoms with Crippen LogP contribution in [0.15, 0.2) is 60.7 Å². The van der Waals surface area contributed by atoms with E-state index < -0.39 is 17.2 Å². The zero-order valence-corrected chi connectivity index (χ0v) is 15.2. The number of benzene rings is 2. The van der Waals surface area contributed by atoms with Gasteiger partial charge in [0, 0.05) is 17.4 Å². The summed E-state index contributed by atoms with van der Waals surface area (Å²) in [6.07, 6.45) is 2.65. The number of rotatable bonds is 5. The Morgan fingerprint density at radius 2 is 1.70 bits per heavy atom. The number of allylic oxidation sites excluding steroid dienone is 1. The molecule has 5 heteroatoms. The number of imide groups is 1. The van der Waals surface area contributed by atoms with Crippen molar-refractivity contribution in [2.75, 3.05) is 4.90 Å². The third-order valence-electron chi connectivity index (χ3n) is 4.99. The maximum absolute atomic E-state index is 13.7. The van der Waals surface area contributed by atoms with Crippen molar-refractivity contribution in [3.63, 3.8) is 0 Å². The lowest BCUT2D eigenvalue weighted by atomic mass is 9.74. The second-order valence-electron chi connectivity index (χ2n) is 7.10. The summed E-state index contributed by atoms with van der Waals surface area (Å²) in [4.78, 5) is 39.2. The highest BCUT2D eigenvalue weighted by atomic mass is 19.1. The van der Waals surface area contributed by atoms with Crippen LogP contribution in [0.5, 0.6) is 0 Å². The molecule has 1 atom stereocenters. The summed E-state index contributed by atoms with van der Waals surface area (Å²) in [5, 5.41) is 0. The molecule has 4 nitrogen and oxygen atoms in total. The normalized spacial score (nSPS) is 17.7. The topological polar surface area (TPSA) is 54.5 Å². The molecule has 0 saturated carbocycles. The summed E-state index contributed by atoms with van der Waals surface area (Å²) < 4.78 is 13.7. The largest absolute Gasteiger partial charge is 0.294 e. The average molecular weight is 365 g/mol. The van der Waals surface area contributed by atoms with Crippen LogP contribution in [0.1, 0.15) is 25.8 Å². The zero-order chi connectivity index (χ0) is 19.6. The van der Waals surface area contributed by atoms with E-state index in [2.05, 4.69) is 0 Å². The Morgan fingerprint density at radius 1 is 1.07 bits per heavy atom. The van der Waals surface area contributed by atoms with E-state index in [1.165, 1.54) is 18.2 Å². The number of para-hydroxylation sites is 1. The highest BCUT2D eigenvalue weighted by molar-refractivity contribution is 6.22. The molecule has 0 unspecified atom stereocenters. The smallest absolute Gasteiger partial charge is 0.238 e. The Morgan fingerprint density at radius 3 is 2.37 bits per heavy atom. The molecule has 2 aromatic carbocycles. The molecule has 1 fully saturated rings. The van der Waals surface area contributed by atoms with Gasteiger partial charge in [0.2, 0.25) is 11.8 Å². The van der Waals surface area contributed by atoms with Crippen molar-refractivity contribution in [2.45, 2.75) is 20.3 Å². The van der Waals surface area contributed by atoms with Gasteiger partial charge in [-0.15, -0.1) is 0 Å². The van der Waals surface area contributed by atoms with E-state index in [0.29, 0.717) is 11.3 Å². The number of hydrogen-bond acceptors (Lipinski definition) is 3. The van der Waals surface area contributed by atoms with Gasteiger partial charge in [-0.25, -0.2) is 4.39 Å². The first-order valence-electron chi connectivity index (χ1n) is 8.71. The quantitative estimate of drug-likeness (QED) is 0.594. The second kappa shape index (κ2) is 7.27. The van der Waals surface area contributed by atoms with Gasteiger partial charge >= 0.3 is 0 Å². The fourth-order valence-corrected chi connectivity index (χ4v) is 3.21. The lowest BCUT2D eigenvalue weighted by molar-refractivity contribution is -0.132. The van der Waals surface area contributed by atoms with Crippen LogP contribution in [0.3, 0.4) is 0 Å². The Balaban J connectivity index is 1.82. The van der Waals surface area contributed by atoms with Crippen LogP contribution in [0.4, 0.5) is 10.1 Å². The Bertz CT molecular complexity index is 918. The molecule has 0 radical (unpaired) electrons. The first kappa shape index (κ1) is 18.7. The van der Waals surface area contributed by atoms with Crippen LogP contribution in [0, 0.1) is 17.2 Å². The van der Waals surface area contributed by atoms with Crippen LogP contribution >= 0.6 is 0 Å². The van der Waals surface area contributed by atoms with Gasteiger partial charge in [-0.3, -0.25) is 19.3 Å². The van der Waals surface area contributed by atoms with Crippen LogP contribution in [-0.2, 0) is 14.4 Å². The first-order chi connectivity index (χ1) is 12.8. The molecule has 138 valence electrons.